The standard InChI is InChI=1S/C36H46FN9O7S/c1-21(2)33-23(15-31(49)40-11-13-45-19-26(43-44-45)29-18-41-36(38)54-29)8-9-30(48)39-10-4-6-22(3)14-25(47)16-24(37)17-32-42-27(20-52-32)34(50)46-12-5-7-28(46)35(51)53-33/h4,6,8-9,14,18-21,23-25,28,33,47H,5,7,10-13,15-17H2,1-3H3,(H2,38,41)(H,39,48)(H,40,49)/b6-4+,9-8+,22-14+. The zero-order valence-corrected chi connectivity index (χ0v) is 31.2. The number of aliphatic hydroxyl groups excluding tert-OH is 1. The van der Waals surface area contributed by atoms with Gasteiger partial charge in [0.25, 0.3) is 5.91 Å². The van der Waals surface area contributed by atoms with Crippen molar-refractivity contribution in [2.24, 2.45) is 11.8 Å². The van der Waals surface area contributed by atoms with Crippen molar-refractivity contribution in [2.75, 3.05) is 25.4 Å². The van der Waals surface area contributed by atoms with E-state index >= 15 is 0 Å². The largest absolute Gasteiger partial charge is 0.460 e. The molecule has 3 aromatic rings. The third-order valence-electron chi connectivity index (χ3n) is 8.91. The molecule has 0 aromatic carbocycles. The summed E-state index contributed by atoms with van der Waals surface area (Å²) in [4.78, 5) is 63.8. The van der Waals surface area contributed by atoms with E-state index in [1.165, 1.54) is 28.4 Å². The number of nitrogens with one attached hydrogen (secondary N) is 2. The van der Waals surface area contributed by atoms with Crippen molar-refractivity contribution in [3.05, 3.63) is 66.2 Å². The number of nitrogens with zero attached hydrogens (tertiary/aromatic N) is 6. The van der Waals surface area contributed by atoms with Crippen molar-refractivity contribution in [1.29, 1.82) is 0 Å². The maximum Gasteiger partial charge on any atom is 0.329 e. The molecule has 0 radical (unpaired) electrons. The van der Waals surface area contributed by atoms with E-state index in [0.717, 1.165) is 11.1 Å². The van der Waals surface area contributed by atoms with E-state index in [1.54, 1.807) is 42.2 Å². The molecule has 1 fully saturated rings. The number of hydrogen-bond donors (Lipinski definition) is 4. The van der Waals surface area contributed by atoms with Crippen LogP contribution in [0.4, 0.5) is 9.52 Å². The van der Waals surface area contributed by atoms with Crippen LogP contribution in [0.2, 0.25) is 0 Å². The third kappa shape index (κ3) is 11.1. The first-order chi connectivity index (χ1) is 25.9. The van der Waals surface area contributed by atoms with Gasteiger partial charge in [-0.2, -0.15) is 0 Å². The van der Waals surface area contributed by atoms with Gasteiger partial charge in [0.2, 0.25) is 11.8 Å². The zero-order chi connectivity index (χ0) is 38.8. The number of nitrogens with two attached hydrogens (primary N) is 1. The van der Waals surface area contributed by atoms with Crippen molar-refractivity contribution >= 4 is 40.2 Å². The number of nitrogen functional groups attached to an aromatic ring is 1. The average Bonchev–Trinajstić information content (AvgIpc) is 3.94. The number of cyclic esters (lactones) is 1. The monoisotopic (exact) mass is 767 g/mol. The molecular weight excluding hydrogens is 722 g/mol. The van der Waals surface area contributed by atoms with E-state index in [9.17, 15) is 28.7 Å². The van der Waals surface area contributed by atoms with Gasteiger partial charge in [0.15, 0.2) is 16.7 Å². The Kier molecular flexibility index (Phi) is 13.8. The minimum Gasteiger partial charge on any atom is -0.460 e. The van der Waals surface area contributed by atoms with E-state index in [4.69, 9.17) is 14.9 Å². The smallest absolute Gasteiger partial charge is 0.329 e. The van der Waals surface area contributed by atoms with Crippen molar-refractivity contribution in [3.63, 3.8) is 0 Å². The van der Waals surface area contributed by atoms with Crippen LogP contribution in [0.15, 0.2) is 59.0 Å². The Bertz CT molecular complexity index is 1870. The summed E-state index contributed by atoms with van der Waals surface area (Å²) in [5.41, 5.74) is 6.91. The van der Waals surface area contributed by atoms with Crippen LogP contribution in [0.3, 0.4) is 0 Å². The Hall–Kier alpha value is -5.23. The molecular formula is C36H46FN9O7S. The number of thiazole rings is 1. The van der Waals surface area contributed by atoms with Crippen molar-refractivity contribution in [2.45, 2.75) is 83.8 Å². The molecule has 0 aliphatic carbocycles. The summed E-state index contributed by atoms with van der Waals surface area (Å²) >= 11 is 1.28. The number of halogens is 1. The maximum absolute atomic E-state index is 14.8. The van der Waals surface area contributed by atoms with Gasteiger partial charge in [-0.25, -0.2) is 19.2 Å². The second-order valence-electron chi connectivity index (χ2n) is 13.6. The molecule has 18 heteroatoms. The Labute approximate surface area is 315 Å². The van der Waals surface area contributed by atoms with Crippen LogP contribution in [-0.2, 0) is 32.1 Å². The predicted octanol–water partition coefficient (Wildman–Crippen LogP) is 2.79. The van der Waals surface area contributed by atoms with Crippen molar-refractivity contribution in [3.8, 4) is 10.6 Å². The van der Waals surface area contributed by atoms with Gasteiger partial charge >= 0.3 is 5.97 Å². The highest BCUT2D eigenvalue weighted by Gasteiger charge is 2.39. The third-order valence-corrected chi connectivity index (χ3v) is 9.75. The molecule has 1 saturated heterocycles. The Morgan fingerprint density at radius 3 is 2.81 bits per heavy atom. The summed E-state index contributed by atoms with van der Waals surface area (Å²) in [7, 11) is 0. The number of anilines is 1. The highest BCUT2D eigenvalue weighted by atomic mass is 32.1. The highest BCUT2D eigenvalue weighted by Crippen LogP contribution is 2.28. The minimum atomic E-state index is -1.50. The first kappa shape index (κ1) is 40.0. The van der Waals surface area contributed by atoms with E-state index in [0.29, 0.717) is 35.8 Å². The minimum absolute atomic E-state index is 0.00791. The van der Waals surface area contributed by atoms with Crippen molar-refractivity contribution in [1.82, 2.24) is 40.5 Å². The van der Waals surface area contributed by atoms with Gasteiger partial charge in [-0.1, -0.05) is 60.3 Å². The molecule has 2 aliphatic heterocycles. The van der Waals surface area contributed by atoms with E-state index in [2.05, 4.69) is 30.9 Å². The summed E-state index contributed by atoms with van der Waals surface area (Å²) in [5, 5.41) is 24.7. The normalized spacial score (nSPS) is 25.7. The molecule has 5 heterocycles. The van der Waals surface area contributed by atoms with Gasteiger partial charge in [0, 0.05) is 44.6 Å². The molecule has 0 saturated carbocycles. The molecule has 5 atom stereocenters. The fraction of sp³-hybridized carbons (Fsp3) is 0.500. The van der Waals surface area contributed by atoms with Crippen LogP contribution in [0.25, 0.3) is 10.6 Å². The van der Waals surface area contributed by atoms with Gasteiger partial charge in [0.05, 0.1) is 30.1 Å². The molecule has 3 aromatic heterocycles. The second-order valence-corrected chi connectivity index (χ2v) is 14.7. The van der Waals surface area contributed by atoms with Crippen LogP contribution in [0.5, 0.6) is 0 Å². The highest BCUT2D eigenvalue weighted by molar-refractivity contribution is 7.18. The van der Waals surface area contributed by atoms with Gasteiger partial charge in [0.1, 0.15) is 30.3 Å². The Morgan fingerprint density at radius 2 is 2.06 bits per heavy atom. The topological polar surface area (TPSA) is 221 Å². The second kappa shape index (κ2) is 18.7. The summed E-state index contributed by atoms with van der Waals surface area (Å²) < 4.78 is 27.9. The van der Waals surface area contributed by atoms with Crippen LogP contribution in [-0.4, -0.2) is 103 Å². The number of carbonyl (C=O) groups excluding carboxylic acids is 4. The van der Waals surface area contributed by atoms with Crippen LogP contribution < -0.4 is 16.4 Å². The number of hydrogen-bond acceptors (Lipinski definition) is 13. The maximum atomic E-state index is 14.8. The average molecular weight is 768 g/mol. The van der Waals surface area contributed by atoms with Crippen LogP contribution >= 0.6 is 11.3 Å². The van der Waals surface area contributed by atoms with Gasteiger partial charge in [-0.3, -0.25) is 19.1 Å². The molecule has 5 rings (SSSR count). The van der Waals surface area contributed by atoms with Crippen LogP contribution in [0, 0.1) is 11.8 Å². The summed E-state index contributed by atoms with van der Waals surface area (Å²) in [6.45, 7) is 6.39. The van der Waals surface area contributed by atoms with Gasteiger partial charge in [-0.15, -0.1) is 5.10 Å². The first-order valence-electron chi connectivity index (χ1n) is 17.8. The van der Waals surface area contributed by atoms with E-state index < -0.39 is 48.1 Å². The number of aliphatic hydroxyl groups is 1. The number of ether oxygens (including phenoxy) is 1. The lowest BCUT2D eigenvalue weighted by atomic mass is 9.89. The Morgan fingerprint density at radius 1 is 1.24 bits per heavy atom. The van der Waals surface area contributed by atoms with E-state index in [1.807, 2.05) is 13.8 Å². The number of esters is 1. The molecule has 3 amide bonds. The van der Waals surface area contributed by atoms with E-state index in [-0.39, 0.29) is 62.3 Å². The fourth-order valence-electron chi connectivity index (χ4n) is 6.29. The van der Waals surface area contributed by atoms with Crippen molar-refractivity contribution < 1.29 is 37.8 Å². The Balaban J connectivity index is 1.32. The number of aromatic nitrogens is 5. The predicted molar refractivity (Wildman–Crippen MR) is 196 cm³/mol. The molecule has 16 nitrogen and oxygen atoms in total. The van der Waals surface area contributed by atoms with Gasteiger partial charge in [-0.05, 0) is 31.8 Å². The molecule has 2 bridgehead atoms. The molecule has 290 valence electrons. The zero-order valence-electron chi connectivity index (χ0n) is 30.4. The number of carbonyl (C=O) groups is 4. The molecule has 2 aliphatic rings. The SMILES string of the molecule is CC1=C\C(O)CC(F)Cc2nc(co2)C(=O)N2CCCC2C(=O)OC(C(C)C)C(CC(=O)NCCn2cc(-c3cnc(N)s3)nn2)/C=C/C(=O)NC\C=C\1. The number of allylic oxidation sites excluding steroid dienone is 2. The number of oxazole rings is 1. The molecule has 0 spiro atoms. The number of amides is 3. The fourth-order valence-corrected chi connectivity index (χ4v) is 6.92. The lowest BCUT2D eigenvalue weighted by Crippen LogP contribution is -2.44. The summed E-state index contributed by atoms with van der Waals surface area (Å²) in [6.07, 6.45) is 9.05. The summed E-state index contributed by atoms with van der Waals surface area (Å²) in [5.74, 6) is -3.01. The van der Waals surface area contributed by atoms with Gasteiger partial charge < -0.3 is 35.5 Å². The molecule has 5 N–H and O–H groups in total. The van der Waals surface area contributed by atoms with Crippen LogP contribution in [0.1, 0.15) is 62.8 Å². The molecule has 5 unspecified atom stereocenters. The lowest BCUT2D eigenvalue weighted by molar-refractivity contribution is -0.159. The number of fused-ring (bicyclic) bond motifs is 3. The lowest BCUT2D eigenvalue weighted by Gasteiger charge is -2.30. The number of alkyl halides is 1. The first-order valence-corrected chi connectivity index (χ1v) is 18.7. The number of rotatable bonds is 7. The quantitative estimate of drug-likeness (QED) is 0.255. The summed E-state index contributed by atoms with van der Waals surface area (Å²) in [6, 6.07) is -0.929. The molecule has 54 heavy (non-hydrogen) atoms.